The van der Waals surface area contributed by atoms with Gasteiger partial charge in [0.2, 0.25) is 0 Å². The van der Waals surface area contributed by atoms with Crippen LogP contribution in [0.3, 0.4) is 0 Å². The Morgan fingerprint density at radius 1 is 1.41 bits per heavy atom. The topological polar surface area (TPSA) is 32.3 Å². The lowest BCUT2D eigenvalue weighted by atomic mass is 9.85. The van der Waals surface area contributed by atoms with Gasteiger partial charge in [-0.25, -0.2) is 0 Å². The lowest BCUT2D eigenvalue weighted by Gasteiger charge is -2.33. The van der Waals surface area contributed by atoms with Crippen LogP contribution in [0.1, 0.15) is 55.5 Å². The second-order valence-corrected chi connectivity index (χ2v) is 6.30. The molecule has 1 aromatic heterocycles. The summed E-state index contributed by atoms with van der Waals surface area (Å²) in [5, 5.41) is 16.1. The van der Waals surface area contributed by atoms with Gasteiger partial charge in [0.25, 0.3) is 0 Å². The fourth-order valence-electron chi connectivity index (χ4n) is 2.65. The highest BCUT2D eigenvalue weighted by molar-refractivity contribution is 7.10. The number of rotatable bonds is 4. The quantitative estimate of drug-likeness (QED) is 0.862. The van der Waals surface area contributed by atoms with Crippen molar-refractivity contribution in [1.82, 2.24) is 5.32 Å². The Morgan fingerprint density at radius 3 is 2.71 bits per heavy atom. The van der Waals surface area contributed by atoms with Gasteiger partial charge in [0.1, 0.15) is 0 Å². The Hall–Kier alpha value is -0.380. The van der Waals surface area contributed by atoms with Gasteiger partial charge in [-0.3, -0.25) is 0 Å². The first-order valence-corrected chi connectivity index (χ1v) is 7.48. The summed E-state index contributed by atoms with van der Waals surface area (Å²) < 4.78 is 0. The fourth-order valence-corrected chi connectivity index (χ4v) is 3.61. The number of aliphatic hydroxyl groups is 1. The van der Waals surface area contributed by atoms with E-state index in [1.54, 1.807) is 11.3 Å². The maximum absolute atomic E-state index is 10.4. The largest absolute Gasteiger partial charge is 0.389 e. The van der Waals surface area contributed by atoms with E-state index >= 15 is 0 Å². The van der Waals surface area contributed by atoms with E-state index in [-0.39, 0.29) is 0 Å². The molecule has 1 fully saturated rings. The van der Waals surface area contributed by atoms with Crippen molar-refractivity contribution in [2.75, 3.05) is 6.54 Å². The van der Waals surface area contributed by atoms with Crippen LogP contribution in [0.2, 0.25) is 0 Å². The van der Waals surface area contributed by atoms with Gasteiger partial charge in [0.05, 0.1) is 5.60 Å². The first kappa shape index (κ1) is 13.1. The van der Waals surface area contributed by atoms with Gasteiger partial charge in [-0.2, -0.15) is 0 Å². The predicted octanol–water partition coefficient (Wildman–Crippen LogP) is 3.40. The highest BCUT2D eigenvalue weighted by Gasteiger charge is 2.29. The monoisotopic (exact) mass is 253 g/mol. The van der Waals surface area contributed by atoms with E-state index in [4.69, 9.17) is 0 Å². The van der Waals surface area contributed by atoms with E-state index in [0.717, 1.165) is 19.4 Å². The summed E-state index contributed by atoms with van der Waals surface area (Å²) in [5.41, 5.74) is 0.892. The van der Waals surface area contributed by atoms with Gasteiger partial charge in [0.15, 0.2) is 0 Å². The number of hydrogen-bond acceptors (Lipinski definition) is 3. The molecule has 1 aliphatic carbocycles. The molecule has 0 aromatic carbocycles. The van der Waals surface area contributed by atoms with E-state index in [9.17, 15) is 5.11 Å². The molecular formula is C14H23NOS. The molecular weight excluding hydrogens is 230 g/mol. The summed E-state index contributed by atoms with van der Waals surface area (Å²) in [6, 6.07) is 2.51. The van der Waals surface area contributed by atoms with E-state index in [1.807, 2.05) is 0 Å². The summed E-state index contributed by atoms with van der Waals surface area (Å²) in [5.74, 6) is 0. The molecule has 0 aliphatic heterocycles. The first-order valence-electron chi connectivity index (χ1n) is 6.60. The van der Waals surface area contributed by atoms with Crippen molar-refractivity contribution in [2.45, 2.75) is 57.6 Å². The normalized spacial score (nSPS) is 21.4. The molecule has 0 bridgehead atoms. The van der Waals surface area contributed by atoms with Crippen molar-refractivity contribution in [3.8, 4) is 0 Å². The molecule has 0 amide bonds. The molecule has 1 saturated carbocycles. The summed E-state index contributed by atoms with van der Waals surface area (Å²) in [4.78, 5) is 1.39. The maximum atomic E-state index is 10.4. The Morgan fingerprint density at radius 2 is 2.12 bits per heavy atom. The molecule has 0 radical (unpaired) electrons. The molecule has 2 rings (SSSR count). The maximum Gasteiger partial charge on any atom is 0.0771 e. The molecule has 1 aliphatic rings. The van der Waals surface area contributed by atoms with E-state index in [0.29, 0.717) is 6.04 Å². The van der Waals surface area contributed by atoms with Gasteiger partial charge < -0.3 is 10.4 Å². The standard InChI is InChI=1S/C14H23NOS/c1-11-6-9-17-13(11)12(2)15-10-14(16)7-4-3-5-8-14/h6,9,12,15-16H,3-5,7-8,10H2,1-2H3. The third kappa shape index (κ3) is 3.30. The van der Waals surface area contributed by atoms with Gasteiger partial charge >= 0.3 is 0 Å². The number of nitrogens with one attached hydrogen (secondary N) is 1. The zero-order valence-corrected chi connectivity index (χ0v) is 11.6. The third-order valence-electron chi connectivity index (χ3n) is 3.82. The Bertz CT molecular complexity index is 355. The minimum Gasteiger partial charge on any atom is -0.389 e. The Kier molecular flexibility index (Phi) is 4.23. The minimum atomic E-state index is -0.461. The molecule has 2 nitrogen and oxygen atoms in total. The molecule has 0 spiro atoms. The SMILES string of the molecule is Cc1ccsc1C(C)NCC1(O)CCCCC1. The molecule has 1 unspecified atom stereocenters. The highest BCUT2D eigenvalue weighted by atomic mass is 32.1. The zero-order valence-electron chi connectivity index (χ0n) is 10.8. The van der Waals surface area contributed by atoms with E-state index < -0.39 is 5.60 Å². The zero-order chi connectivity index (χ0) is 12.3. The average Bonchev–Trinajstić information content (AvgIpc) is 2.74. The molecule has 1 atom stereocenters. The van der Waals surface area contributed by atoms with Crippen molar-refractivity contribution in [2.24, 2.45) is 0 Å². The Labute approximate surface area is 108 Å². The molecule has 1 heterocycles. The van der Waals surface area contributed by atoms with Crippen LogP contribution in [0.5, 0.6) is 0 Å². The minimum absolute atomic E-state index is 0.348. The van der Waals surface area contributed by atoms with Crippen LogP contribution in [0.4, 0.5) is 0 Å². The van der Waals surface area contributed by atoms with Crippen molar-refractivity contribution in [3.05, 3.63) is 21.9 Å². The van der Waals surface area contributed by atoms with Crippen molar-refractivity contribution in [3.63, 3.8) is 0 Å². The smallest absolute Gasteiger partial charge is 0.0771 e. The summed E-state index contributed by atoms with van der Waals surface area (Å²) in [6.45, 7) is 5.07. The van der Waals surface area contributed by atoms with Crippen LogP contribution in [-0.4, -0.2) is 17.3 Å². The van der Waals surface area contributed by atoms with Gasteiger partial charge in [-0.15, -0.1) is 11.3 Å². The van der Waals surface area contributed by atoms with Gasteiger partial charge in [-0.05, 0) is 43.7 Å². The molecule has 96 valence electrons. The summed E-state index contributed by atoms with van der Waals surface area (Å²) >= 11 is 1.80. The van der Waals surface area contributed by atoms with Crippen LogP contribution >= 0.6 is 11.3 Å². The number of hydrogen-bond donors (Lipinski definition) is 2. The average molecular weight is 253 g/mol. The van der Waals surface area contributed by atoms with E-state index in [2.05, 4.69) is 30.6 Å². The van der Waals surface area contributed by atoms with Crippen LogP contribution < -0.4 is 5.32 Å². The second kappa shape index (κ2) is 5.51. The molecule has 3 heteroatoms. The lowest BCUT2D eigenvalue weighted by Crippen LogP contribution is -2.42. The second-order valence-electron chi connectivity index (χ2n) is 5.36. The number of thiophene rings is 1. The third-order valence-corrected chi connectivity index (χ3v) is 5.02. The predicted molar refractivity (Wildman–Crippen MR) is 73.5 cm³/mol. The van der Waals surface area contributed by atoms with Crippen LogP contribution in [0.25, 0.3) is 0 Å². The van der Waals surface area contributed by atoms with Crippen LogP contribution in [0.15, 0.2) is 11.4 Å². The molecule has 17 heavy (non-hydrogen) atoms. The molecule has 1 aromatic rings. The lowest BCUT2D eigenvalue weighted by molar-refractivity contribution is 0.00306. The highest BCUT2D eigenvalue weighted by Crippen LogP contribution is 2.29. The first-order chi connectivity index (χ1) is 8.11. The number of aryl methyl sites for hydroxylation is 1. The molecule has 2 N–H and O–H groups in total. The fraction of sp³-hybridized carbons (Fsp3) is 0.714. The van der Waals surface area contributed by atoms with E-state index in [1.165, 1.54) is 29.7 Å². The van der Waals surface area contributed by atoms with Crippen molar-refractivity contribution < 1.29 is 5.11 Å². The molecule has 0 saturated heterocycles. The van der Waals surface area contributed by atoms with Crippen molar-refractivity contribution in [1.29, 1.82) is 0 Å². The van der Waals surface area contributed by atoms with Gasteiger partial charge in [-0.1, -0.05) is 19.3 Å². The van der Waals surface area contributed by atoms with Crippen LogP contribution in [-0.2, 0) is 0 Å². The summed E-state index contributed by atoms with van der Waals surface area (Å²) in [7, 11) is 0. The van der Waals surface area contributed by atoms with Crippen molar-refractivity contribution >= 4 is 11.3 Å². The Balaban J connectivity index is 1.87. The van der Waals surface area contributed by atoms with Gasteiger partial charge in [0, 0.05) is 17.5 Å². The summed E-state index contributed by atoms with van der Waals surface area (Å²) in [6.07, 6.45) is 5.53. The van der Waals surface area contributed by atoms with Crippen LogP contribution in [0, 0.1) is 6.92 Å².